The highest BCUT2D eigenvalue weighted by Crippen LogP contribution is 2.26. The topological polar surface area (TPSA) is 74.6 Å². The first-order chi connectivity index (χ1) is 5.31. The third kappa shape index (κ3) is 3.42. The standard InChI is InChI=1S/C5H10F2O4S/c6-5(7,12(9,10)11)3-1-2-4-8/h8H,1-4H2,(H,9,10,11). The lowest BCUT2D eigenvalue weighted by molar-refractivity contribution is 0.0669. The molecule has 0 saturated heterocycles. The maximum atomic E-state index is 12.3. The summed E-state index contributed by atoms with van der Waals surface area (Å²) in [7, 11) is -5.30. The minimum atomic E-state index is -5.30. The van der Waals surface area contributed by atoms with E-state index in [0.29, 0.717) is 0 Å². The quantitative estimate of drug-likeness (QED) is 0.508. The van der Waals surface area contributed by atoms with Crippen LogP contribution in [-0.4, -0.2) is 29.9 Å². The van der Waals surface area contributed by atoms with Crippen molar-refractivity contribution in [3.05, 3.63) is 0 Å². The van der Waals surface area contributed by atoms with Crippen LogP contribution in [0.2, 0.25) is 0 Å². The summed E-state index contributed by atoms with van der Waals surface area (Å²) in [5.74, 6) is 0. The highest BCUT2D eigenvalue weighted by atomic mass is 32.2. The smallest absolute Gasteiger partial charge is 0.370 e. The molecule has 0 fully saturated rings. The van der Waals surface area contributed by atoms with Crippen LogP contribution in [0.15, 0.2) is 0 Å². The maximum absolute atomic E-state index is 12.3. The summed E-state index contributed by atoms with van der Waals surface area (Å²) in [6.07, 6.45) is -1.03. The number of aliphatic hydroxyl groups is 1. The Kier molecular flexibility index (Phi) is 4.01. The van der Waals surface area contributed by atoms with Crippen molar-refractivity contribution in [2.24, 2.45) is 0 Å². The van der Waals surface area contributed by atoms with E-state index in [9.17, 15) is 17.2 Å². The first kappa shape index (κ1) is 11.7. The molecule has 0 heterocycles. The SMILES string of the molecule is O=S(=O)(O)C(F)(F)CCCCO. The maximum Gasteiger partial charge on any atom is 0.370 e. The fourth-order valence-electron chi connectivity index (χ4n) is 0.572. The van der Waals surface area contributed by atoms with Crippen LogP contribution in [0.3, 0.4) is 0 Å². The molecule has 0 aliphatic heterocycles. The van der Waals surface area contributed by atoms with E-state index in [0.717, 1.165) is 0 Å². The molecular weight excluding hydrogens is 194 g/mol. The lowest BCUT2D eigenvalue weighted by Crippen LogP contribution is -2.27. The van der Waals surface area contributed by atoms with Gasteiger partial charge in [0.2, 0.25) is 0 Å². The number of unbranched alkanes of at least 4 members (excludes halogenated alkanes) is 1. The van der Waals surface area contributed by atoms with Crippen LogP contribution in [0.5, 0.6) is 0 Å². The monoisotopic (exact) mass is 204 g/mol. The van der Waals surface area contributed by atoms with Gasteiger partial charge in [-0.25, -0.2) is 0 Å². The van der Waals surface area contributed by atoms with Gasteiger partial charge in [0, 0.05) is 13.0 Å². The van der Waals surface area contributed by atoms with E-state index in [4.69, 9.17) is 9.66 Å². The molecule has 0 spiro atoms. The van der Waals surface area contributed by atoms with Crippen molar-refractivity contribution >= 4 is 10.1 Å². The van der Waals surface area contributed by atoms with E-state index in [2.05, 4.69) is 0 Å². The molecule has 0 rings (SSSR count). The van der Waals surface area contributed by atoms with Crippen LogP contribution < -0.4 is 0 Å². The number of halogens is 2. The summed E-state index contributed by atoms with van der Waals surface area (Å²) in [4.78, 5) is 0. The Morgan fingerprint density at radius 2 is 1.75 bits per heavy atom. The summed E-state index contributed by atoms with van der Waals surface area (Å²) in [6, 6.07) is 0. The summed E-state index contributed by atoms with van der Waals surface area (Å²) in [5.41, 5.74) is 0. The first-order valence-electron chi connectivity index (χ1n) is 3.27. The molecule has 0 aromatic rings. The molecule has 0 saturated carbocycles. The number of hydrogen-bond acceptors (Lipinski definition) is 3. The Labute approximate surface area is 69.0 Å². The normalized spacial score (nSPS) is 13.3. The van der Waals surface area contributed by atoms with Gasteiger partial charge in [-0.1, -0.05) is 0 Å². The molecular formula is C5H10F2O4S. The van der Waals surface area contributed by atoms with Gasteiger partial charge < -0.3 is 5.11 Å². The summed E-state index contributed by atoms with van der Waals surface area (Å²) in [5, 5.41) is 4.11. The molecule has 0 aliphatic carbocycles. The van der Waals surface area contributed by atoms with Gasteiger partial charge in [-0.2, -0.15) is 17.2 Å². The molecule has 74 valence electrons. The lowest BCUT2D eigenvalue weighted by Gasteiger charge is -2.11. The molecule has 0 bridgehead atoms. The Morgan fingerprint density at radius 1 is 1.25 bits per heavy atom. The Balaban J connectivity index is 4.06. The second kappa shape index (κ2) is 4.11. The lowest BCUT2D eigenvalue weighted by atomic mass is 10.2. The second-order valence-corrected chi connectivity index (χ2v) is 3.84. The van der Waals surface area contributed by atoms with Gasteiger partial charge in [0.15, 0.2) is 0 Å². The van der Waals surface area contributed by atoms with Crippen molar-refractivity contribution in [3.8, 4) is 0 Å². The van der Waals surface area contributed by atoms with Crippen molar-refractivity contribution in [1.29, 1.82) is 0 Å². The average Bonchev–Trinajstić information content (AvgIpc) is 1.85. The third-order valence-electron chi connectivity index (χ3n) is 1.25. The zero-order chi connectivity index (χ0) is 9.83. The van der Waals surface area contributed by atoms with Gasteiger partial charge in [-0.15, -0.1) is 0 Å². The molecule has 0 aromatic heterocycles. The predicted molar refractivity (Wildman–Crippen MR) is 37.4 cm³/mol. The Morgan fingerprint density at radius 3 is 2.08 bits per heavy atom. The summed E-state index contributed by atoms with van der Waals surface area (Å²) in [6.45, 7) is -0.276. The molecule has 7 heteroatoms. The minimum absolute atomic E-state index is 0.0884. The van der Waals surface area contributed by atoms with Crippen molar-refractivity contribution < 1.29 is 26.9 Å². The van der Waals surface area contributed by atoms with Gasteiger partial charge in [-0.3, -0.25) is 4.55 Å². The number of hydrogen-bond donors (Lipinski definition) is 2. The third-order valence-corrected chi connectivity index (χ3v) is 2.21. The Bertz CT molecular complexity index is 224. The zero-order valence-corrected chi connectivity index (χ0v) is 7.02. The van der Waals surface area contributed by atoms with E-state index in [-0.39, 0.29) is 19.4 Å². The highest BCUT2D eigenvalue weighted by molar-refractivity contribution is 7.86. The second-order valence-electron chi connectivity index (χ2n) is 2.29. The van der Waals surface area contributed by atoms with Crippen molar-refractivity contribution in [1.82, 2.24) is 0 Å². The molecule has 0 atom stereocenters. The van der Waals surface area contributed by atoms with E-state index in [1.54, 1.807) is 0 Å². The number of alkyl halides is 2. The Hall–Kier alpha value is -0.270. The molecule has 0 radical (unpaired) electrons. The van der Waals surface area contributed by atoms with Crippen LogP contribution in [-0.2, 0) is 10.1 Å². The van der Waals surface area contributed by atoms with Crippen LogP contribution in [0.1, 0.15) is 19.3 Å². The number of aliphatic hydroxyl groups excluding tert-OH is 1. The van der Waals surface area contributed by atoms with Gasteiger partial charge in [0.05, 0.1) is 0 Å². The molecule has 0 amide bonds. The van der Waals surface area contributed by atoms with Crippen LogP contribution in [0.4, 0.5) is 8.78 Å². The number of rotatable bonds is 5. The largest absolute Gasteiger partial charge is 0.396 e. The van der Waals surface area contributed by atoms with Gasteiger partial charge in [0.25, 0.3) is 0 Å². The molecule has 0 aliphatic rings. The molecule has 0 aromatic carbocycles. The van der Waals surface area contributed by atoms with Crippen LogP contribution in [0.25, 0.3) is 0 Å². The van der Waals surface area contributed by atoms with Crippen molar-refractivity contribution in [3.63, 3.8) is 0 Å². The average molecular weight is 204 g/mol. The summed E-state index contributed by atoms with van der Waals surface area (Å²) >= 11 is 0. The fraction of sp³-hybridized carbons (Fsp3) is 1.00. The van der Waals surface area contributed by atoms with Crippen LogP contribution >= 0.6 is 0 Å². The highest BCUT2D eigenvalue weighted by Gasteiger charge is 2.42. The molecule has 2 N–H and O–H groups in total. The van der Waals surface area contributed by atoms with E-state index >= 15 is 0 Å². The zero-order valence-electron chi connectivity index (χ0n) is 6.20. The minimum Gasteiger partial charge on any atom is -0.396 e. The fourth-order valence-corrected chi connectivity index (χ4v) is 0.974. The van der Waals surface area contributed by atoms with E-state index in [1.165, 1.54) is 0 Å². The van der Waals surface area contributed by atoms with Gasteiger partial charge in [-0.05, 0) is 12.8 Å². The van der Waals surface area contributed by atoms with E-state index < -0.39 is 21.8 Å². The van der Waals surface area contributed by atoms with E-state index in [1.807, 2.05) is 0 Å². The molecule has 4 nitrogen and oxygen atoms in total. The van der Waals surface area contributed by atoms with Gasteiger partial charge in [0.1, 0.15) is 0 Å². The predicted octanol–water partition coefficient (Wildman–Crippen LogP) is 0.630. The van der Waals surface area contributed by atoms with Crippen molar-refractivity contribution in [2.45, 2.75) is 24.5 Å². The van der Waals surface area contributed by atoms with Gasteiger partial charge >= 0.3 is 15.4 Å². The molecule has 0 unspecified atom stereocenters. The molecule has 12 heavy (non-hydrogen) atoms. The summed E-state index contributed by atoms with van der Waals surface area (Å²) < 4.78 is 52.7. The van der Waals surface area contributed by atoms with Crippen molar-refractivity contribution in [2.75, 3.05) is 6.61 Å². The first-order valence-corrected chi connectivity index (χ1v) is 4.71. The van der Waals surface area contributed by atoms with Crippen LogP contribution in [0, 0.1) is 0 Å².